The molecule has 2 saturated heterocycles. The van der Waals surface area contributed by atoms with E-state index in [1.807, 2.05) is 35.2 Å². The number of benzene rings is 2. The molecule has 0 N–H and O–H groups in total. The van der Waals surface area contributed by atoms with Crippen LogP contribution in [0.2, 0.25) is 0 Å². The number of anilines is 1. The van der Waals surface area contributed by atoms with Gasteiger partial charge in [0.2, 0.25) is 5.91 Å². The van der Waals surface area contributed by atoms with Crippen LogP contribution in [0.5, 0.6) is 5.75 Å². The molecule has 0 saturated carbocycles. The van der Waals surface area contributed by atoms with Crippen molar-refractivity contribution in [2.45, 2.75) is 32.1 Å². The summed E-state index contributed by atoms with van der Waals surface area (Å²) in [7, 11) is 0. The third kappa shape index (κ3) is 4.44. The molecule has 4 rings (SSSR count). The van der Waals surface area contributed by atoms with E-state index in [0.717, 1.165) is 38.2 Å². The van der Waals surface area contributed by atoms with Crippen LogP contribution < -0.4 is 9.64 Å². The van der Waals surface area contributed by atoms with Crippen LogP contribution in [0, 0.1) is 5.92 Å². The number of ether oxygens (including phenoxy) is 1. The number of likely N-dealkylation sites (tertiary alicyclic amines) is 1. The molecule has 5 nitrogen and oxygen atoms in total. The van der Waals surface area contributed by atoms with Gasteiger partial charge in [-0.1, -0.05) is 37.3 Å². The Morgan fingerprint density at radius 2 is 1.83 bits per heavy atom. The van der Waals surface area contributed by atoms with Crippen LogP contribution >= 0.6 is 0 Å². The predicted octanol–water partition coefficient (Wildman–Crippen LogP) is 3.84. The zero-order valence-corrected chi connectivity index (χ0v) is 16.9. The van der Waals surface area contributed by atoms with Gasteiger partial charge in [0.1, 0.15) is 5.75 Å². The summed E-state index contributed by atoms with van der Waals surface area (Å²) in [5, 5.41) is 0. The number of nitrogens with zero attached hydrogens (tertiary/aromatic N) is 2. The smallest absolute Gasteiger partial charge is 0.260 e. The fourth-order valence-electron chi connectivity index (χ4n) is 4.45. The molecule has 2 heterocycles. The quantitative estimate of drug-likeness (QED) is 0.777. The van der Waals surface area contributed by atoms with Gasteiger partial charge in [-0.2, -0.15) is 0 Å². The van der Waals surface area contributed by atoms with E-state index in [4.69, 9.17) is 4.74 Å². The molecular weight excluding hydrogens is 364 g/mol. The first-order valence-corrected chi connectivity index (χ1v) is 10.5. The molecule has 2 amide bonds. The Bertz CT molecular complexity index is 850. The first-order valence-electron chi connectivity index (χ1n) is 10.5. The number of piperidine rings is 1. The number of carbonyl (C=O) groups is 2. The summed E-state index contributed by atoms with van der Waals surface area (Å²) in [6, 6.07) is 18.0. The lowest BCUT2D eigenvalue weighted by Gasteiger charge is -2.37. The standard InChI is InChI=1S/C24H28N2O3/c1-18-16-25(15-13-22(18)19-6-3-2-4-7-19)24(28)17-29-21-11-9-20(10-12-21)26-14-5-8-23(26)27/h2-4,6-7,9-12,18,22H,5,8,13-17H2,1H3. The zero-order valence-electron chi connectivity index (χ0n) is 16.9. The summed E-state index contributed by atoms with van der Waals surface area (Å²) < 4.78 is 5.72. The van der Waals surface area contributed by atoms with Gasteiger partial charge in [0, 0.05) is 31.7 Å². The number of carbonyl (C=O) groups excluding carboxylic acids is 2. The van der Waals surface area contributed by atoms with Crippen molar-refractivity contribution in [2.24, 2.45) is 5.92 Å². The van der Waals surface area contributed by atoms with Crippen LogP contribution in [0.4, 0.5) is 5.69 Å². The highest BCUT2D eigenvalue weighted by atomic mass is 16.5. The number of hydrogen-bond donors (Lipinski definition) is 0. The molecule has 5 heteroatoms. The van der Waals surface area contributed by atoms with Crippen molar-refractivity contribution < 1.29 is 14.3 Å². The van der Waals surface area contributed by atoms with Crippen molar-refractivity contribution in [1.82, 2.24) is 4.90 Å². The zero-order chi connectivity index (χ0) is 20.2. The summed E-state index contributed by atoms with van der Waals surface area (Å²) in [6.07, 6.45) is 2.51. The maximum Gasteiger partial charge on any atom is 0.260 e. The third-order valence-electron chi connectivity index (χ3n) is 6.07. The summed E-state index contributed by atoms with van der Waals surface area (Å²) in [5.41, 5.74) is 2.25. The molecule has 2 fully saturated rings. The lowest BCUT2D eigenvalue weighted by Crippen LogP contribution is -2.44. The maximum atomic E-state index is 12.6. The second-order valence-electron chi connectivity index (χ2n) is 8.05. The average molecular weight is 392 g/mol. The van der Waals surface area contributed by atoms with Crippen LogP contribution in [0.25, 0.3) is 0 Å². The van der Waals surface area contributed by atoms with Crippen LogP contribution in [-0.2, 0) is 9.59 Å². The molecular formula is C24H28N2O3. The molecule has 0 aliphatic carbocycles. The van der Waals surface area contributed by atoms with Gasteiger partial charge in [-0.15, -0.1) is 0 Å². The van der Waals surface area contributed by atoms with Gasteiger partial charge in [-0.3, -0.25) is 9.59 Å². The van der Waals surface area contributed by atoms with Crippen molar-refractivity contribution in [1.29, 1.82) is 0 Å². The Balaban J connectivity index is 1.28. The Morgan fingerprint density at radius 1 is 1.07 bits per heavy atom. The molecule has 29 heavy (non-hydrogen) atoms. The van der Waals surface area contributed by atoms with E-state index in [1.165, 1.54) is 5.56 Å². The molecule has 2 aromatic carbocycles. The molecule has 2 aromatic rings. The molecule has 2 unspecified atom stereocenters. The summed E-state index contributed by atoms with van der Waals surface area (Å²) >= 11 is 0. The van der Waals surface area contributed by atoms with E-state index < -0.39 is 0 Å². The SMILES string of the molecule is CC1CN(C(=O)COc2ccc(N3CCCC3=O)cc2)CCC1c1ccccc1. The fraction of sp³-hybridized carbons (Fsp3) is 0.417. The minimum absolute atomic E-state index is 0.0298. The summed E-state index contributed by atoms with van der Waals surface area (Å²) in [4.78, 5) is 28.2. The number of amides is 2. The topological polar surface area (TPSA) is 49.9 Å². The molecule has 2 aliphatic rings. The van der Waals surface area contributed by atoms with Crippen molar-refractivity contribution in [3.8, 4) is 5.75 Å². The molecule has 0 bridgehead atoms. The predicted molar refractivity (Wildman–Crippen MR) is 113 cm³/mol. The van der Waals surface area contributed by atoms with Gasteiger partial charge in [-0.05, 0) is 54.5 Å². The Kier molecular flexibility index (Phi) is 5.84. The van der Waals surface area contributed by atoms with Crippen LogP contribution in [-0.4, -0.2) is 43.0 Å². The van der Waals surface area contributed by atoms with E-state index >= 15 is 0 Å². The largest absolute Gasteiger partial charge is 0.484 e. The normalized spacial score (nSPS) is 22.0. The monoisotopic (exact) mass is 392 g/mol. The average Bonchev–Trinajstić information content (AvgIpc) is 3.19. The minimum Gasteiger partial charge on any atom is -0.484 e. The van der Waals surface area contributed by atoms with Gasteiger partial charge in [0.25, 0.3) is 5.91 Å². The number of rotatable bonds is 5. The van der Waals surface area contributed by atoms with Gasteiger partial charge in [0.15, 0.2) is 6.61 Å². The maximum absolute atomic E-state index is 12.6. The first kappa shape index (κ1) is 19.5. The van der Waals surface area contributed by atoms with E-state index in [2.05, 4.69) is 31.2 Å². The van der Waals surface area contributed by atoms with Crippen molar-refractivity contribution >= 4 is 17.5 Å². The molecule has 0 aromatic heterocycles. The highest BCUT2D eigenvalue weighted by Crippen LogP contribution is 2.32. The second kappa shape index (κ2) is 8.68. The molecule has 0 spiro atoms. The molecule has 2 aliphatic heterocycles. The van der Waals surface area contributed by atoms with E-state index in [9.17, 15) is 9.59 Å². The van der Waals surface area contributed by atoms with Crippen LogP contribution in [0.15, 0.2) is 54.6 Å². The van der Waals surface area contributed by atoms with Crippen molar-refractivity contribution in [3.63, 3.8) is 0 Å². The Hall–Kier alpha value is -2.82. The lowest BCUT2D eigenvalue weighted by molar-refractivity contribution is -0.135. The first-order chi connectivity index (χ1) is 14.1. The highest BCUT2D eigenvalue weighted by molar-refractivity contribution is 5.95. The van der Waals surface area contributed by atoms with Crippen molar-refractivity contribution in [2.75, 3.05) is 31.1 Å². The van der Waals surface area contributed by atoms with Crippen LogP contribution in [0.3, 0.4) is 0 Å². The summed E-state index contributed by atoms with van der Waals surface area (Å²) in [6.45, 7) is 4.57. The Morgan fingerprint density at radius 3 is 2.48 bits per heavy atom. The van der Waals surface area contributed by atoms with Crippen LogP contribution in [0.1, 0.15) is 37.7 Å². The molecule has 2 atom stereocenters. The lowest BCUT2D eigenvalue weighted by atomic mass is 9.81. The molecule has 152 valence electrons. The fourth-order valence-corrected chi connectivity index (χ4v) is 4.45. The van der Waals surface area contributed by atoms with Gasteiger partial charge in [-0.25, -0.2) is 0 Å². The van der Waals surface area contributed by atoms with E-state index in [1.54, 1.807) is 4.90 Å². The Labute approximate surface area is 172 Å². The minimum atomic E-state index is 0.0298. The van der Waals surface area contributed by atoms with E-state index in [0.29, 0.717) is 24.0 Å². The van der Waals surface area contributed by atoms with E-state index in [-0.39, 0.29) is 18.4 Å². The van der Waals surface area contributed by atoms with Gasteiger partial charge >= 0.3 is 0 Å². The summed E-state index contributed by atoms with van der Waals surface area (Å²) in [5.74, 6) is 1.78. The van der Waals surface area contributed by atoms with Crippen molar-refractivity contribution in [3.05, 3.63) is 60.2 Å². The van der Waals surface area contributed by atoms with Gasteiger partial charge in [0.05, 0.1) is 0 Å². The highest BCUT2D eigenvalue weighted by Gasteiger charge is 2.29. The third-order valence-corrected chi connectivity index (χ3v) is 6.07. The number of hydrogen-bond acceptors (Lipinski definition) is 3. The molecule has 0 radical (unpaired) electrons. The second-order valence-corrected chi connectivity index (χ2v) is 8.05. The van der Waals surface area contributed by atoms with Gasteiger partial charge < -0.3 is 14.5 Å².